The number of guanidine groups is 1. The fraction of sp³-hybridized carbons (Fsp3) is 0.682. The van der Waals surface area contributed by atoms with E-state index < -0.39 is 0 Å². The van der Waals surface area contributed by atoms with Gasteiger partial charge < -0.3 is 20.1 Å². The molecule has 156 valence electrons. The van der Waals surface area contributed by atoms with Crippen LogP contribution in [0.15, 0.2) is 23.2 Å². The van der Waals surface area contributed by atoms with Crippen molar-refractivity contribution in [3.63, 3.8) is 0 Å². The van der Waals surface area contributed by atoms with Crippen molar-refractivity contribution in [3.8, 4) is 5.75 Å². The molecule has 2 saturated heterocycles. The third-order valence-corrected chi connectivity index (χ3v) is 5.39. The number of benzene rings is 1. The van der Waals surface area contributed by atoms with E-state index in [4.69, 9.17) is 14.5 Å². The summed E-state index contributed by atoms with van der Waals surface area (Å²) in [7, 11) is 0. The van der Waals surface area contributed by atoms with E-state index in [9.17, 15) is 0 Å². The maximum absolute atomic E-state index is 6.05. The monoisotopic (exact) mass is 388 g/mol. The fourth-order valence-corrected chi connectivity index (χ4v) is 3.86. The average molecular weight is 389 g/mol. The maximum Gasteiger partial charge on any atom is 0.191 e. The zero-order valence-corrected chi connectivity index (χ0v) is 17.7. The van der Waals surface area contributed by atoms with Crippen LogP contribution in [0.25, 0.3) is 0 Å². The Labute approximate surface area is 169 Å². The lowest BCUT2D eigenvalue weighted by atomic mass is 10.1. The highest BCUT2D eigenvalue weighted by Gasteiger charge is 2.32. The molecule has 0 aliphatic carbocycles. The fourth-order valence-electron chi connectivity index (χ4n) is 3.86. The summed E-state index contributed by atoms with van der Waals surface area (Å²) in [5, 5.41) is 6.80. The molecule has 2 aliphatic heterocycles. The minimum Gasteiger partial charge on any atom is -0.493 e. The van der Waals surface area contributed by atoms with Crippen LogP contribution in [0, 0.1) is 6.92 Å². The van der Waals surface area contributed by atoms with E-state index in [0.29, 0.717) is 12.6 Å². The van der Waals surface area contributed by atoms with E-state index in [-0.39, 0.29) is 6.10 Å². The molecule has 28 heavy (non-hydrogen) atoms. The number of ether oxygens (including phenoxy) is 2. The van der Waals surface area contributed by atoms with Gasteiger partial charge in [-0.15, -0.1) is 0 Å². The van der Waals surface area contributed by atoms with Gasteiger partial charge >= 0.3 is 0 Å². The Balaban J connectivity index is 1.56. The van der Waals surface area contributed by atoms with Gasteiger partial charge in [0.05, 0.1) is 25.9 Å². The summed E-state index contributed by atoms with van der Waals surface area (Å²) in [6.07, 6.45) is 3.81. The Morgan fingerprint density at radius 2 is 2.21 bits per heavy atom. The third kappa shape index (κ3) is 5.85. The topological polar surface area (TPSA) is 58.1 Å². The van der Waals surface area contributed by atoms with Crippen LogP contribution >= 0.6 is 0 Å². The van der Waals surface area contributed by atoms with Crippen molar-refractivity contribution in [1.29, 1.82) is 0 Å². The molecule has 6 heteroatoms. The number of nitrogens with zero attached hydrogens (tertiary/aromatic N) is 2. The molecule has 0 bridgehead atoms. The molecule has 0 radical (unpaired) electrons. The molecule has 0 aromatic heterocycles. The number of aliphatic imine (C=N–C) groups is 1. The number of morpholine rings is 1. The van der Waals surface area contributed by atoms with Crippen LogP contribution in [0.2, 0.25) is 0 Å². The normalized spacial score (nSPS) is 22.8. The van der Waals surface area contributed by atoms with Crippen LogP contribution in [0.3, 0.4) is 0 Å². The van der Waals surface area contributed by atoms with Gasteiger partial charge in [0.2, 0.25) is 0 Å². The van der Waals surface area contributed by atoms with Crippen molar-refractivity contribution in [1.82, 2.24) is 15.5 Å². The first-order chi connectivity index (χ1) is 13.7. The Hall–Kier alpha value is -1.79. The Morgan fingerprint density at radius 1 is 1.32 bits per heavy atom. The van der Waals surface area contributed by atoms with Crippen LogP contribution in [-0.2, 0) is 11.3 Å². The Bertz CT molecular complexity index is 649. The van der Waals surface area contributed by atoms with Gasteiger partial charge in [-0.1, -0.05) is 19.1 Å². The number of fused-ring (bicyclic) bond motifs is 1. The van der Waals surface area contributed by atoms with Crippen molar-refractivity contribution in [2.24, 2.45) is 4.99 Å². The molecular weight excluding hydrogens is 352 g/mol. The van der Waals surface area contributed by atoms with Crippen molar-refractivity contribution in [2.75, 3.05) is 39.4 Å². The summed E-state index contributed by atoms with van der Waals surface area (Å²) in [4.78, 5) is 7.35. The Morgan fingerprint density at radius 3 is 3.04 bits per heavy atom. The minimum atomic E-state index is 0.223. The predicted molar refractivity (Wildman–Crippen MR) is 114 cm³/mol. The molecule has 1 aromatic carbocycles. The van der Waals surface area contributed by atoms with E-state index in [1.807, 2.05) is 0 Å². The van der Waals surface area contributed by atoms with Gasteiger partial charge in [0.1, 0.15) is 5.75 Å². The minimum absolute atomic E-state index is 0.223. The second kappa shape index (κ2) is 10.7. The van der Waals surface area contributed by atoms with Crippen molar-refractivity contribution >= 4 is 5.96 Å². The lowest BCUT2D eigenvalue weighted by molar-refractivity contribution is -0.0453. The zero-order valence-electron chi connectivity index (χ0n) is 17.7. The van der Waals surface area contributed by atoms with Gasteiger partial charge in [0.15, 0.2) is 5.96 Å². The van der Waals surface area contributed by atoms with Crippen molar-refractivity contribution in [2.45, 2.75) is 58.7 Å². The standard InChI is InChI=1S/C22H36N4O2/c1-4-11-27-21-12-17(3)8-9-18(21)13-24-22(23-5-2)25-14-20-15-26-10-6-7-19(26)16-28-20/h8-9,12,19-20H,4-7,10-11,13-16H2,1-3H3,(H2,23,24,25). The predicted octanol–water partition coefficient (Wildman–Crippen LogP) is 2.70. The van der Waals surface area contributed by atoms with Crippen molar-refractivity contribution < 1.29 is 9.47 Å². The molecule has 0 saturated carbocycles. The lowest BCUT2D eigenvalue weighted by Gasteiger charge is -2.35. The van der Waals surface area contributed by atoms with E-state index >= 15 is 0 Å². The number of nitrogens with one attached hydrogen (secondary N) is 2. The highest BCUT2D eigenvalue weighted by Crippen LogP contribution is 2.23. The molecule has 2 atom stereocenters. The number of rotatable bonds is 8. The molecule has 6 nitrogen and oxygen atoms in total. The van der Waals surface area contributed by atoms with Crippen molar-refractivity contribution in [3.05, 3.63) is 29.3 Å². The van der Waals surface area contributed by atoms with E-state index in [2.05, 4.69) is 54.5 Å². The molecule has 2 unspecified atom stereocenters. The largest absolute Gasteiger partial charge is 0.493 e. The maximum atomic E-state index is 6.05. The van der Waals surface area contributed by atoms with Gasteiger partial charge in [-0.2, -0.15) is 0 Å². The number of hydrogen-bond acceptors (Lipinski definition) is 4. The van der Waals surface area contributed by atoms with E-state index in [1.54, 1.807) is 0 Å². The summed E-state index contributed by atoms with van der Waals surface area (Å²) >= 11 is 0. The summed E-state index contributed by atoms with van der Waals surface area (Å²) in [6, 6.07) is 6.97. The highest BCUT2D eigenvalue weighted by molar-refractivity contribution is 5.79. The van der Waals surface area contributed by atoms with Gasteiger partial charge in [-0.05, 0) is 51.3 Å². The van der Waals surface area contributed by atoms with E-state index in [0.717, 1.165) is 56.5 Å². The molecular formula is C22H36N4O2. The molecule has 2 aliphatic rings. The summed E-state index contributed by atoms with van der Waals surface area (Å²) in [6.45, 7) is 12.3. The third-order valence-electron chi connectivity index (χ3n) is 5.39. The summed E-state index contributed by atoms with van der Waals surface area (Å²) in [5.74, 6) is 1.77. The van der Waals surface area contributed by atoms with Gasteiger partial charge in [0, 0.05) is 31.2 Å². The first-order valence-corrected chi connectivity index (χ1v) is 10.8. The average Bonchev–Trinajstić information content (AvgIpc) is 3.17. The first kappa shape index (κ1) is 20.9. The molecule has 2 fully saturated rings. The quantitative estimate of drug-likeness (QED) is 0.530. The lowest BCUT2D eigenvalue weighted by Crippen LogP contribution is -2.51. The smallest absolute Gasteiger partial charge is 0.191 e. The Kier molecular flexibility index (Phi) is 7.98. The first-order valence-electron chi connectivity index (χ1n) is 10.8. The van der Waals surface area contributed by atoms with Crippen LogP contribution in [0.5, 0.6) is 5.75 Å². The van der Waals surface area contributed by atoms with Crippen LogP contribution < -0.4 is 15.4 Å². The van der Waals surface area contributed by atoms with E-state index in [1.165, 1.54) is 24.9 Å². The summed E-state index contributed by atoms with van der Waals surface area (Å²) in [5.41, 5.74) is 2.32. The molecule has 1 aromatic rings. The van der Waals surface area contributed by atoms with Gasteiger partial charge in [0.25, 0.3) is 0 Å². The molecule has 2 N–H and O–H groups in total. The van der Waals surface area contributed by atoms with Gasteiger partial charge in [-0.3, -0.25) is 4.90 Å². The molecule has 0 spiro atoms. The SMILES string of the molecule is CCCOc1cc(C)ccc1CN=C(NCC)NCC1CN2CCCC2CO1. The van der Waals surface area contributed by atoms with Gasteiger partial charge in [-0.25, -0.2) is 4.99 Å². The molecule has 2 heterocycles. The molecule has 0 amide bonds. The number of hydrogen-bond donors (Lipinski definition) is 2. The highest BCUT2D eigenvalue weighted by atomic mass is 16.5. The second-order valence-electron chi connectivity index (χ2n) is 7.78. The number of aryl methyl sites for hydroxylation is 1. The van der Waals surface area contributed by atoms with Crippen LogP contribution in [0.4, 0.5) is 0 Å². The molecule has 3 rings (SSSR count). The second-order valence-corrected chi connectivity index (χ2v) is 7.78. The zero-order chi connectivity index (χ0) is 19.8. The summed E-state index contributed by atoms with van der Waals surface area (Å²) < 4.78 is 12.0. The van der Waals surface area contributed by atoms with Crippen LogP contribution in [0.1, 0.15) is 44.2 Å². The van der Waals surface area contributed by atoms with Crippen LogP contribution in [-0.4, -0.2) is 62.4 Å².